The van der Waals surface area contributed by atoms with E-state index in [2.05, 4.69) is 66.6 Å². The van der Waals surface area contributed by atoms with Gasteiger partial charge in [0, 0.05) is 5.69 Å². The molecule has 0 bridgehead atoms. The van der Waals surface area contributed by atoms with E-state index >= 15 is 0 Å². The third-order valence-corrected chi connectivity index (χ3v) is 4.20. The van der Waals surface area contributed by atoms with Gasteiger partial charge in [0.2, 0.25) is 0 Å². The first-order valence-electron chi connectivity index (χ1n) is 7.59. The number of aromatic amines is 1. The highest BCUT2D eigenvalue weighted by Crippen LogP contribution is 2.19. The molecule has 3 aromatic rings. The Morgan fingerprint density at radius 1 is 1.09 bits per heavy atom. The van der Waals surface area contributed by atoms with Crippen LogP contribution < -0.4 is 5.32 Å². The van der Waals surface area contributed by atoms with Crippen LogP contribution in [0.1, 0.15) is 22.5 Å². The van der Waals surface area contributed by atoms with E-state index in [1.165, 1.54) is 16.7 Å². The first kappa shape index (κ1) is 15.5. The summed E-state index contributed by atoms with van der Waals surface area (Å²) >= 11 is 5.43. The Balaban J connectivity index is 1.95. The lowest BCUT2D eigenvalue weighted by Gasteiger charge is -2.13. The van der Waals surface area contributed by atoms with Crippen molar-refractivity contribution in [3.63, 3.8) is 0 Å². The van der Waals surface area contributed by atoms with Crippen molar-refractivity contribution in [3.8, 4) is 5.69 Å². The van der Waals surface area contributed by atoms with Crippen LogP contribution in [0.2, 0.25) is 0 Å². The minimum atomic E-state index is 0.603. The van der Waals surface area contributed by atoms with Crippen LogP contribution in [0.3, 0.4) is 0 Å². The van der Waals surface area contributed by atoms with Crippen molar-refractivity contribution in [2.45, 2.75) is 27.3 Å². The zero-order valence-corrected chi connectivity index (χ0v) is 14.4. The fourth-order valence-corrected chi connectivity index (χ4v) is 2.85. The van der Waals surface area contributed by atoms with Gasteiger partial charge in [-0.1, -0.05) is 30.3 Å². The van der Waals surface area contributed by atoms with Crippen molar-refractivity contribution in [1.29, 1.82) is 0 Å². The van der Waals surface area contributed by atoms with Gasteiger partial charge in [0.1, 0.15) is 0 Å². The Bertz CT molecular complexity index is 892. The van der Waals surface area contributed by atoms with Crippen molar-refractivity contribution < 1.29 is 0 Å². The minimum absolute atomic E-state index is 0.603. The highest BCUT2D eigenvalue weighted by atomic mass is 32.1. The van der Waals surface area contributed by atoms with E-state index in [1.54, 1.807) is 0 Å². The summed E-state index contributed by atoms with van der Waals surface area (Å²) < 4.78 is 2.61. The molecule has 0 aliphatic rings. The van der Waals surface area contributed by atoms with Crippen LogP contribution in [0.4, 0.5) is 5.69 Å². The number of rotatable bonds is 4. The van der Waals surface area contributed by atoms with E-state index in [-0.39, 0.29) is 0 Å². The van der Waals surface area contributed by atoms with E-state index in [0.717, 1.165) is 17.2 Å². The number of anilines is 1. The number of hydrogen-bond donors (Lipinski definition) is 2. The average molecular weight is 324 g/mol. The summed E-state index contributed by atoms with van der Waals surface area (Å²) in [6.07, 6.45) is 0. The first-order valence-corrected chi connectivity index (χ1v) is 8.00. The van der Waals surface area contributed by atoms with Gasteiger partial charge in [0.15, 0.2) is 10.6 Å². The zero-order valence-electron chi connectivity index (χ0n) is 13.6. The topological polar surface area (TPSA) is 45.6 Å². The van der Waals surface area contributed by atoms with Crippen LogP contribution in [0.25, 0.3) is 5.69 Å². The molecule has 4 nitrogen and oxygen atoms in total. The molecule has 0 spiro atoms. The molecule has 0 fully saturated rings. The molecule has 2 aromatic carbocycles. The van der Waals surface area contributed by atoms with E-state index in [4.69, 9.17) is 12.2 Å². The standard InChI is InChI=1S/C18H20N4S/c1-12-8-9-14(3)16(10-12)22-17(20-21-18(22)23)11-19-15-7-5-4-6-13(15)2/h4-10,19H,11H2,1-3H3,(H,21,23). The van der Waals surface area contributed by atoms with Gasteiger partial charge in [0.05, 0.1) is 12.2 Å². The Hall–Kier alpha value is -2.40. The molecule has 0 unspecified atom stereocenters. The van der Waals surface area contributed by atoms with Gasteiger partial charge in [-0.25, -0.2) is 0 Å². The number of para-hydroxylation sites is 1. The van der Waals surface area contributed by atoms with Crippen LogP contribution >= 0.6 is 12.2 Å². The fraction of sp³-hybridized carbons (Fsp3) is 0.222. The molecule has 0 aliphatic heterocycles. The van der Waals surface area contributed by atoms with Crippen molar-refractivity contribution in [1.82, 2.24) is 14.8 Å². The second-order valence-electron chi connectivity index (χ2n) is 5.74. The molecular weight excluding hydrogens is 304 g/mol. The molecule has 3 rings (SSSR count). The lowest BCUT2D eigenvalue weighted by atomic mass is 10.1. The Labute approximate surface area is 141 Å². The van der Waals surface area contributed by atoms with Gasteiger partial charge in [-0.3, -0.25) is 9.67 Å². The van der Waals surface area contributed by atoms with Crippen LogP contribution in [0.5, 0.6) is 0 Å². The summed E-state index contributed by atoms with van der Waals surface area (Å²) in [4.78, 5) is 0. The molecule has 0 saturated carbocycles. The maximum Gasteiger partial charge on any atom is 0.199 e. The van der Waals surface area contributed by atoms with Crippen LogP contribution in [-0.2, 0) is 6.54 Å². The Kier molecular flexibility index (Phi) is 4.30. The molecule has 23 heavy (non-hydrogen) atoms. The number of nitrogens with zero attached hydrogens (tertiary/aromatic N) is 2. The van der Waals surface area contributed by atoms with Crippen molar-refractivity contribution in [2.24, 2.45) is 0 Å². The maximum atomic E-state index is 5.43. The molecule has 1 heterocycles. The third-order valence-electron chi connectivity index (χ3n) is 3.93. The number of hydrogen-bond acceptors (Lipinski definition) is 3. The second-order valence-corrected chi connectivity index (χ2v) is 6.13. The summed E-state index contributed by atoms with van der Waals surface area (Å²) in [5.41, 5.74) is 5.76. The molecule has 1 aromatic heterocycles. The Morgan fingerprint density at radius 2 is 1.87 bits per heavy atom. The van der Waals surface area contributed by atoms with Crippen molar-refractivity contribution in [2.75, 3.05) is 5.32 Å². The monoisotopic (exact) mass is 324 g/mol. The molecule has 0 radical (unpaired) electrons. The summed E-state index contributed by atoms with van der Waals surface area (Å²) in [6.45, 7) is 6.86. The second kappa shape index (κ2) is 6.38. The van der Waals surface area contributed by atoms with Gasteiger partial charge in [-0.2, -0.15) is 5.10 Å². The van der Waals surface area contributed by atoms with E-state index in [9.17, 15) is 0 Å². The molecular formula is C18H20N4S. The molecule has 2 N–H and O–H groups in total. The predicted octanol–water partition coefficient (Wildman–Crippen LogP) is 4.47. The highest BCUT2D eigenvalue weighted by Gasteiger charge is 2.11. The predicted molar refractivity (Wildman–Crippen MR) is 96.7 cm³/mol. The van der Waals surface area contributed by atoms with E-state index in [1.807, 2.05) is 16.7 Å². The molecule has 0 atom stereocenters. The largest absolute Gasteiger partial charge is 0.378 e. The summed E-state index contributed by atoms with van der Waals surface area (Å²) in [6, 6.07) is 14.6. The smallest absolute Gasteiger partial charge is 0.199 e. The van der Waals surface area contributed by atoms with Crippen molar-refractivity contribution >= 4 is 17.9 Å². The molecule has 5 heteroatoms. The molecule has 0 amide bonds. The first-order chi connectivity index (χ1) is 11.1. The van der Waals surface area contributed by atoms with Crippen molar-refractivity contribution in [3.05, 3.63) is 69.8 Å². The molecule has 0 saturated heterocycles. The average Bonchev–Trinajstić information content (AvgIpc) is 2.90. The fourth-order valence-electron chi connectivity index (χ4n) is 2.60. The molecule has 0 aliphatic carbocycles. The van der Waals surface area contributed by atoms with Gasteiger partial charge in [-0.05, 0) is 61.8 Å². The minimum Gasteiger partial charge on any atom is -0.378 e. The lowest BCUT2D eigenvalue weighted by Crippen LogP contribution is -2.09. The zero-order chi connectivity index (χ0) is 16.4. The van der Waals surface area contributed by atoms with Crippen LogP contribution in [-0.4, -0.2) is 14.8 Å². The highest BCUT2D eigenvalue weighted by molar-refractivity contribution is 7.71. The maximum absolute atomic E-state index is 5.43. The Morgan fingerprint density at radius 3 is 2.65 bits per heavy atom. The van der Waals surface area contributed by atoms with Gasteiger partial charge < -0.3 is 5.32 Å². The van der Waals surface area contributed by atoms with Crippen LogP contribution in [0.15, 0.2) is 42.5 Å². The molecule has 118 valence electrons. The van der Waals surface area contributed by atoms with Gasteiger partial charge in [0.25, 0.3) is 0 Å². The summed E-state index contributed by atoms with van der Waals surface area (Å²) in [7, 11) is 0. The third kappa shape index (κ3) is 3.19. The van der Waals surface area contributed by atoms with Gasteiger partial charge >= 0.3 is 0 Å². The number of aromatic nitrogens is 3. The quantitative estimate of drug-likeness (QED) is 0.696. The normalized spacial score (nSPS) is 10.7. The number of nitrogens with one attached hydrogen (secondary N) is 2. The number of aryl methyl sites for hydroxylation is 3. The SMILES string of the molecule is Cc1ccc(C)c(-n2c(CNc3ccccc3C)n[nH]c2=S)c1. The number of benzene rings is 2. The summed E-state index contributed by atoms with van der Waals surface area (Å²) in [5, 5.41) is 10.7. The number of H-pyrrole nitrogens is 1. The van der Waals surface area contributed by atoms with E-state index in [0.29, 0.717) is 11.3 Å². The lowest BCUT2D eigenvalue weighted by molar-refractivity contribution is 0.881. The van der Waals surface area contributed by atoms with Gasteiger partial charge in [-0.15, -0.1) is 0 Å². The summed E-state index contributed by atoms with van der Waals surface area (Å²) in [5.74, 6) is 0.868. The van der Waals surface area contributed by atoms with Crippen LogP contribution in [0, 0.1) is 25.5 Å². The van der Waals surface area contributed by atoms with E-state index < -0.39 is 0 Å².